The third-order valence-corrected chi connectivity index (χ3v) is 5.97. The van der Waals surface area contributed by atoms with E-state index in [4.69, 9.17) is 4.74 Å². The fraction of sp³-hybridized carbons (Fsp3) is 0.346. The number of rotatable bonds is 4. The van der Waals surface area contributed by atoms with Gasteiger partial charge >= 0.3 is 0 Å². The molecule has 0 aliphatic carbocycles. The number of carbonyl (C=O) groups is 1. The van der Waals surface area contributed by atoms with Crippen molar-refractivity contribution in [3.05, 3.63) is 77.5 Å². The van der Waals surface area contributed by atoms with Crippen molar-refractivity contribution in [3.8, 4) is 11.3 Å². The van der Waals surface area contributed by atoms with Gasteiger partial charge < -0.3 is 15.2 Å². The zero-order valence-electron chi connectivity index (χ0n) is 19.6. The van der Waals surface area contributed by atoms with Crippen molar-refractivity contribution < 1.29 is 27.8 Å². The molecule has 6 nitrogen and oxygen atoms in total. The first-order valence-electron chi connectivity index (χ1n) is 11.3. The Morgan fingerprint density at radius 2 is 1.77 bits per heavy atom. The molecule has 1 aromatic carbocycles. The number of ether oxygens (including phenoxy) is 1. The number of benzene rings is 1. The van der Waals surface area contributed by atoms with Crippen LogP contribution in [0.3, 0.4) is 0 Å². The van der Waals surface area contributed by atoms with Crippen LogP contribution in [0.25, 0.3) is 11.3 Å². The molecule has 3 aromatic rings. The summed E-state index contributed by atoms with van der Waals surface area (Å²) in [4.78, 5) is 21.0. The van der Waals surface area contributed by atoms with E-state index in [0.717, 1.165) is 30.3 Å². The van der Waals surface area contributed by atoms with Crippen molar-refractivity contribution in [2.75, 3.05) is 5.32 Å². The number of anilines is 1. The number of aliphatic hydroxyl groups excluding tert-OH is 1. The lowest BCUT2D eigenvalue weighted by molar-refractivity contribution is -0.160. The van der Waals surface area contributed by atoms with E-state index in [-0.39, 0.29) is 11.1 Å². The molecule has 3 atom stereocenters. The van der Waals surface area contributed by atoms with E-state index < -0.39 is 52.9 Å². The molecule has 1 aliphatic heterocycles. The number of pyridine rings is 2. The largest absolute Gasteiger partial charge is 0.390 e. The van der Waals surface area contributed by atoms with Crippen molar-refractivity contribution in [1.29, 1.82) is 0 Å². The van der Waals surface area contributed by atoms with E-state index in [1.165, 1.54) is 6.20 Å². The highest BCUT2D eigenvalue weighted by Crippen LogP contribution is 2.40. The number of hydrogen-bond acceptors (Lipinski definition) is 5. The van der Waals surface area contributed by atoms with Gasteiger partial charge in [0.2, 0.25) is 0 Å². The van der Waals surface area contributed by atoms with Gasteiger partial charge in [-0.15, -0.1) is 0 Å². The summed E-state index contributed by atoms with van der Waals surface area (Å²) >= 11 is 0. The maximum Gasteiger partial charge on any atom is 0.274 e. The second-order valence-electron chi connectivity index (χ2n) is 9.60. The molecule has 1 aliphatic rings. The standard InChI is InChI=1S/C26H26F3N3O3/c1-26(2,3)24-20(33)9-10-21(35-24)14-11-12-30-13-19(14)32-25(34)18-8-7-17(29)23(31-18)22-15(27)5-4-6-16(22)28/h4-8,11-13,20-21,24,33H,9-10H2,1-3H3,(H,32,34). The number of carbonyl (C=O) groups excluding carboxylic acids is 1. The molecule has 4 rings (SSSR count). The molecule has 0 spiro atoms. The summed E-state index contributed by atoms with van der Waals surface area (Å²) in [6, 6.07) is 6.91. The minimum atomic E-state index is -0.992. The second-order valence-corrected chi connectivity index (χ2v) is 9.60. The summed E-state index contributed by atoms with van der Waals surface area (Å²) in [6.07, 6.45) is 2.67. The molecule has 1 fully saturated rings. The van der Waals surface area contributed by atoms with Gasteiger partial charge in [0.25, 0.3) is 5.91 Å². The lowest BCUT2D eigenvalue weighted by Crippen LogP contribution is -2.44. The molecule has 0 bridgehead atoms. The first-order valence-corrected chi connectivity index (χ1v) is 11.3. The lowest BCUT2D eigenvalue weighted by Gasteiger charge is -2.41. The highest BCUT2D eigenvalue weighted by Gasteiger charge is 2.39. The molecule has 0 radical (unpaired) electrons. The van der Waals surface area contributed by atoms with Crippen molar-refractivity contribution in [2.45, 2.75) is 51.9 Å². The number of aromatic nitrogens is 2. The first-order chi connectivity index (χ1) is 16.6. The van der Waals surface area contributed by atoms with Crippen LogP contribution < -0.4 is 5.32 Å². The Balaban J connectivity index is 1.62. The smallest absolute Gasteiger partial charge is 0.274 e. The van der Waals surface area contributed by atoms with Gasteiger partial charge in [0.05, 0.1) is 35.8 Å². The van der Waals surface area contributed by atoms with E-state index in [2.05, 4.69) is 15.3 Å². The minimum absolute atomic E-state index is 0.230. The summed E-state index contributed by atoms with van der Waals surface area (Å²) < 4.78 is 49.0. The third-order valence-electron chi connectivity index (χ3n) is 5.97. The summed E-state index contributed by atoms with van der Waals surface area (Å²) in [7, 11) is 0. The SMILES string of the molecule is CC(C)(C)C1OC(c2ccncc2NC(=O)c2ccc(F)c(-c3c(F)cccc3F)n2)CCC1O. The number of halogens is 3. The molecule has 3 heterocycles. The number of aliphatic hydroxyl groups is 1. The molecule has 9 heteroatoms. The molecule has 0 saturated carbocycles. The van der Waals surface area contributed by atoms with Crippen LogP contribution in [-0.2, 0) is 4.74 Å². The Kier molecular flexibility index (Phi) is 6.91. The van der Waals surface area contributed by atoms with Crippen molar-refractivity contribution in [3.63, 3.8) is 0 Å². The van der Waals surface area contributed by atoms with Crippen LogP contribution in [-0.4, -0.2) is 33.2 Å². The van der Waals surface area contributed by atoms with Crippen LogP contribution in [0.1, 0.15) is 55.8 Å². The van der Waals surface area contributed by atoms with Gasteiger partial charge in [0, 0.05) is 11.8 Å². The summed E-state index contributed by atoms with van der Waals surface area (Å²) in [5, 5.41) is 13.1. The van der Waals surface area contributed by atoms with E-state index in [1.807, 2.05) is 20.8 Å². The van der Waals surface area contributed by atoms with Gasteiger partial charge in [-0.3, -0.25) is 9.78 Å². The molecular formula is C26H26F3N3O3. The van der Waals surface area contributed by atoms with Gasteiger partial charge in [-0.2, -0.15) is 0 Å². The molecule has 2 aromatic heterocycles. The van der Waals surface area contributed by atoms with E-state index in [9.17, 15) is 23.1 Å². The Hall–Kier alpha value is -3.30. The molecule has 35 heavy (non-hydrogen) atoms. The molecule has 2 N–H and O–H groups in total. The van der Waals surface area contributed by atoms with Gasteiger partial charge in [-0.25, -0.2) is 18.2 Å². The number of hydrogen-bond donors (Lipinski definition) is 2. The van der Waals surface area contributed by atoms with Crippen molar-refractivity contribution in [1.82, 2.24) is 9.97 Å². The number of amides is 1. The monoisotopic (exact) mass is 485 g/mol. The Labute approximate surface area is 201 Å². The predicted molar refractivity (Wildman–Crippen MR) is 124 cm³/mol. The quantitative estimate of drug-likeness (QED) is 0.514. The predicted octanol–water partition coefficient (Wildman–Crippen LogP) is 5.44. The molecule has 1 saturated heterocycles. The molecular weight excluding hydrogens is 459 g/mol. The molecule has 184 valence electrons. The lowest BCUT2D eigenvalue weighted by atomic mass is 9.81. The van der Waals surface area contributed by atoms with Crippen LogP contribution in [0.2, 0.25) is 0 Å². The van der Waals surface area contributed by atoms with Crippen LogP contribution in [0.15, 0.2) is 48.8 Å². The number of nitrogens with one attached hydrogen (secondary N) is 1. The number of nitrogens with zero attached hydrogens (tertiary/aromatic N) is 2. The van der Waals surface area contributed by atoms with E-state index in [0.29, 0.717) is 24.1 Å². The van der Waals surface area contributed by atoms with Crippen molar-refractivity contribution >= 4 is 11.6 Å². The van der Waals surface area contributed by atoms with E-state index in [1.54, 1.807) is 12.3 Å². The molecule has 1 amide bonds. The fourth-order valence-corrected chi connectivity index (χ4v) is 4.26. The molecule has 3 unspecified atom stereocenters. The summed E-state index contributed by atoms with van der Waals surface area (Å²) in [5.41, 5.74) is -0.758. The minimum Gasteiger partial charge on any atom is -0.390 e. The topological polar surface area (TPSA) is 84.3 Å². The van der Waals surface area contributed by atoms with Crippen LogP contribution in [0, 0.1) is 22.9 Å². The van der Waals surface area contributed by atoms with Crippen LogP contribution in [0.4, 0.5) is 18.9 Å². The van der Waals surface area contributed by atoms with Gasteiger partial charge in [-0.05, 0) is 48.6 Å². The third kappa shape index (κ3) is 5.21. The summed E-state index contributed by atoms with van der Waals surface area (Å²) in [6.45, 7) is 5.94. The van der Waals surface area contributed by atoms with Crippen LogP contribution >= 0.6 is 0 Å². The zero-order chi connectivity index (χ0) is 25.3. The zero-order valence-corrected chi connectivity index (χ0v) is 19.6. The average Bonchev–Trinajstić information content (AvgIpc) is 2.80. The van der Waals surface area contributed by atoms with Gasteiger partial charge in [0.15, 0.2) is 0 Å². The maximum absolute atomic E-state index is 14.4. The van der Waals surface area contributed by atoms with Gasteiger partial charge in [-0.1, -0.05) is 26.8 Å². The van der Waals surface area contributed by atoms with Crippen LogP contribution in [0.5, 0.6) is 0 Å². The second kappa shape index (κ2) is 9.75. The normalized spacial score (nSPS) is 20.5. The average molecular weight is 486 g/mol. The summed E-state index contributed by atoms with van der Waals surface area (Å²) in [5.74, 6) is -3.66. The maximum atomic E-state index is 14.4. The van der Waals surface area contributed by atoms with E-state index >= 15 is 0 Å². The Bertz CT molecular complexity index is 1230. The Morgan fingerprint density at radius 1 is 1.06 bits per heavy atom. The van der Waals surface area contributed by atoms with Crippen molar-refractivity contribution in [2.24, 2.45) is 5.41 Å². The Morgan fingerprint density at radius 3 is 2.46 bits per heavy atom. The highest BCUT2D eigenvalue weighted by molar-refractivity contribution is 6.03. The first kappa shape index (κ1) is 24.8. The fourth-order valence-electron chi connectivity index (χ4n) is 4.26. The highest BCUT2D eigenvalue weighted by atomic mass is 19.1. The van der Waals surface area contributed by atoms with Gasteiger partial charge in [0.1, 0.15) is 28.8 Å².